The molecule has 0 saturated heterocycles. The monoisotopic (exact) mass is 282 g/mol. The fourth-order valence-corrected chi connectivity index (χ4v) is 2.03. The van der Waals surface area contributed by atoms with Gasteiger partial charge < -0.3 is 10.4 Å². The van der Waals surface area contributed by atoms with Crippen molar-refractivity contribution in [3.8, 4) is 11.1 Å². The van der Waals surface area contributed by atoms with E-state index in [0.29, 0.717) is 23.2 Å². The van der Waals surface area contributed by atoms with Gasteiger partial charge in [-0.2, -0.15) is 0 Å². The van der Waals surface area contributed by atoms with Gasteiger partial charge in [0.1, 0.15) is 0 Å². The highest BCUT2D eigenvalue weighted by molar-refractivity contribution is 5.92. The Labute approximate surface area is 121 Å². The Hall–Kier alpha value is -2.95. The second-order valence-electron chi connectivity index (χ2n) is 4.46. The molecule has 5 nitrogen and oxygen atoms in total. The van der Waals surface area contributed by atoms with Crippen molar-refractivity contribution >= 4 is 24.4 Å². The number of amides is 1. The molecule has 0 atom stereocenters. The Kier molecular flexibility index (Phi) is 4.13. The maximum atomic E-state index is 10.9. The van der Waals surface area contributed by atoms with Crippen molar-refractivity contribution in [1.29, 1.82) is 0 Å². The normalized spacial score (nSPS) is 9.95. The highest BCUT2D eigenvalue weighted by Gasteiger charge is 2.10. The smallest absolute Gasteiger partial charge is 0.335 e. The zero-order chi connectivity index (χ0) is 15.4. The minimum atomic E-state index is -1.00. The third-order valence-electron chi connectivity index (χ3n) is 3.13. The van der Waals surface area contributed by atoms with Crippen LogP contribution in [0.3, 0.4) is 0 Å². The first-order valence-electron chi connectivity index (χ1n) is 6.13. The summed E-state index contributed by atoms with van der Waals surface area (Å²) in [5.74, 6) is -1.00. The SMILES string of the molecule is Cc1cc(-c2ccc(C(=O)O)cc2)c(NC=O)cc1[C]=O. The van der Waals surface area contributed by atoms with Crippen LogP contribution in [-0.4, -0.2) is 23.8 Å². The first kappa shape index (κ1) is 14.5. The summed E-state index contributed by atoms with van der Waals surface area (Å²) >= 11 is 0. The third-order valence-corrected chi connectivity index (χ3v) is 3.13. The minimum absolute atomic E-state index is 0.179. The summed E-state index contributed by atoms with van der Waals surface area (Å²) in [5, 5.41) is 11.4. The predicted octanol–water partition coefficient (Wildman–Crippen LogP) is 2.39. The Morgan fingerprint density at radius 3 is 2.43 bits per heavy atom. The molecule has 0 bridgehead atoms. The first-order valence-corrected chi connectivity index (χ1v) is 6.13. The van der Waals surface area contributed by atoms with Crippen LogP contribution in [0.15, 0.2) is 36.4 Å². The van der Waals surface area contributed by atoms with Gasteiger partial charge >= 0.3 is 5.97 Å². The van der Waals surface area contributed by atoms with Crippen molar-refractivity contribution in [2.45, 2.75) is 6.92 Å². The lowest BCUT2D eigenvalue weighted by atomic mass is 9.97. The zero-order valence-electron chi connectivity index (χ0n) is 11.2. The molecule has 2 aromatic rings. The van der Waals surface area contributed by atoms with Crippen molar-refractivity contribution in [2.24, 2.45) is 0 Å². The lowest BCUT2D eigenvalue weighted by Crippen LogP contribution is -2.00. The summed E-state index contributed by atoms with van der Waals surface area (Å²) in [6.07, 6.45) is 2.34. The van der Waals surface area contributed by atoms with Gasteiger partial charge in [-0.3, -0.25) is 9.59 Å². The number of hydrogen-bond acceptors (Lipinski definition) is 3. The molecule has 0 saturated carbocycles. The number of carbonyl (C=O) groups excluding carboxylic acids is 2. The lowest BCUT2D eigenvalue weighted by Gasteiger charge is -2.11. The van der Waals surface area contributed by atoms with Gasteiger partial charge in [-0.15, -0.1) is 0 Å². The second-order valence-corrected chi connectivity index (χ2v) is 4.46. The molecule has 5 heteroatoms. The fourth-order valence-electron chi connectivity index (χ4n) is 2.03. The van der Waals surface area contributed by atoms with Crippen molar-refractivity contribution in [1.82, 2.24) is 0 Å². The topological polar surface area (TPSA) is 83.5 Å². The molecule has 0 unspecified atom stereocenters. The van der Waals surface area contributed by atoms with Gasteiger partial charge in [-0.05, 0) is 42.3 Å². The van der Waals surface area contributed by atoms with Crippen LogP contribution in [0.25, 0.3) is 11.1 Å². The van der Waals surface area contributed by atoms with Crippen molar-refractivity contribution in [3.05, 3.63) is 53.1 Å². The standard InChI is InChI=1S/C16H12NO4/c1-10-6-14(15(17-9-19)7-13(10)8-18)11-2-4-12(5-3-11)16(20)21/h2-7,9H,1H3,(H,17,19)(H,20,21). The Balaban J connectivity index is 2.55. The average molecular weight is 282 g/mol. The van der Waals surface area contributed by atoms with Gasteiger partial charge in [0.15, 0.2) is 0 Å². The van der Waals surface area contributed by atoms with Gasteiger partial charge in [-0.1, -0.05) is 12.1 Å². The van der Waals surface area contributed by atoms with E-state index in [-0.39, 0.29) is 5.56 Å². The quantitative estimate of drug-likeness (QED) is 0.825. The van der Waals surface area contributed by atoms with Crippen LogP contribution in [0.4, 0.5) is 5.69 Å². The van der Waals surface area contributed by atoms with E-state index in [1.165, 1.54) is 18.2 Å². The minimum Gasteiger partial charge on any atom is -0.478 e. The number of aromatic carboxylic acids is 1. The zero-order valence-corrected chi connectivity index (χ0v) is 11.2. The number of carboxylic acids is 1. The molecule has 2 N–H and O–H groups in total. The van der Waals surface area contributed by atoms with E-state index in [1.807, 2.05) is 6.29 Å². The number of anilines is 1. The highest BCUT2D eigenvalue weighted by atomic mass is 16.4. The van der Waals surface area contributed by atoms with Crippen molar-refractivity contribution in [2.75, 3.05) is 5.32 Å². The number of benzene rings is 2. The van der Waals surface area contributed by atoms with E-state index in [9.17, 15) is 14.4 Å². The molecule has 2 rings (SSSR count). The molecule has 21 heavy (non-hydrogen) atoms. The number of nitrogens with one attached hydrogen (secondary N) is 1. The molecule has 105 valence electrons. The third kappa shape index (κ3) is 2.97. The molecule has 0 spiro atoms. The van der Waals surface area contributed by atoms with Gasteiger partial charge in [0.25, 0.3) is 0 Å². The molecule has 1 amide bonds. The van der Waals surface area contributed by atoms with E-state index >= 15 is 0 Å². The van der Waals surface area contributed by atoms with Crippen LogP contribution in [0.1, 0.15) is 21.5 Å². The molecule has 0 aliphatic carbocycles. The Morgan fingerprint density at radius 2 is 1.90 bits per heavy atom. The Morgan fingerprint density at radius 1 is 1.24 bits per heavy atom. The number of hydrogen-bond donors (Lipinski definition) is 2. The number of carboxylic acid groups (broad SMARTS) is 1. The summed E-state index contributed by atoms with van der Waals surface area (Å²) in [6.45, 7) is 1.76. The van der Waals surface area contributed by atoms with Gasteiger partial charge in [-0.25, -0.2) is 4.79 Å². The second kappa shape index (κ2) is 6.00. The average Bonchev–Trinajstić information content (AvgIpc) is 2.49. The van der Waals surface area contributed by atoms with E-state index in [2.05, 4.69) is 5.32 Å². The van der Waals surface area contributed by atoms with E-state index in [4.69, 9.17) is 5.11 Å². The number of aryl methyl sites for hydroxylation is 1. The summed E-state index contributed by atoms with van der Waals surface area (Å²) in [6, 6.07) is 9.56. The predicted molar refractivity (Wildman–Crippen MR) is 78.1 cm³/mol. The van der Waals surface area contributed by atoms with Crippen LogP contribution in [-0.2, 0) is 9.59 Å². The molecule has 1 radical (unpaired) electrons. The molecule has 2 aromatic carbocycles. The van der Waals surface area contributed by atoms with E-state index in [0.717, 1.165) is 11.1 Å². The largest absolute Gasteiger partial charge is 0.478 e. The van der Waals surface area contributed by atoms with Gasteiger partial charge in [0.2, 0.25) is 12.7 Å². The van der Waals surface area contributed by atoms with Crippen LogP contribution < -0.4 is 5.32 Å². The molecular weight excluding hydrogens is 270 g/mol. The molecule has 0 heterocycles. The van der Waals surface area contributed by atoms with Crippen LogP contribution in [0.5, 0.6) is 0 Å². The van der Waals surface area contributed by atoms with Crippen LogP contribution in [0.2, 0.25) is 0 Å². The fraction of sp³-hybridized carbons (Fsp3) is 0.0625. The molecule has 0 aromatic heterocycles. The van der Waals surface area contributed by atoms with Crippen LogP contribution in [0, 0.1) is 6.92 Å². The summed E-state index contributed by atoms with van der Waals surface area (Å²) in [7, 11) is 0. The number of carbonyl (C=O) groups is 2. The summed E-state index contributed by atoms with van der Waals surface area (Å²) in [5.41, 5.74) is 3.18. The number of rotatable bonds is 5. The van der Waals surface area contributed by atoms with E-state index in [1.54, 1.807) is 25.1 Å². The maximum Gasteiger partial charge on any atom is 0.335 e. The molecule has 0 aliphatic rings. The molecule has 0 aliphatic heterocycles. The van der Waals surface area contributed by atoms with Crippen molar-refractivity contribution < 1.29 is 19.5 Å². The van der Waals surface area contributed by atoms with Gasteiger partial charge in [0.05, 0.1) is 5.56 Å². The maximum absolute atomic E-state index is 10.9. The van der Waals surface area contributed by atoms with Gasteiger partial charge in [0, 0.05) is 16.8 Å². The van der Waals surface area contributed by atoms with Crippen molar-refractivity contribution in [3.63, 3.8) is 0 Å². The molecule has 0 fully saturated rings. The van der Waals surface area contributed by atoms with Crippen LogP contribution >= 0.6 is 0 Å². The summed E-state index contributed by atoms with van der Waals surface area (Å²) < 4.78 is 0. The molecular formula is C16H12NO4. The Bertz CT molecular complexity index is 705. The van der Waals surface area contributed by atoms with E-state index < -0.39 is 5.97 Å². The first-order chi connectivity index (χ1) is 10.1. The lowest BCUT2D eigenvalue weighted by molar-refractivity contribution is -0.105. The summed E-state index contributed by atoms with van der Waals surface area (Å²) in [4.78, 5) is 32.4. The highest BCUT2D eigenvalue weighted by Crippen LogP contribution is 2.30.